The summed E-state index contributed by atoms with van der Waals surface area (Å²) < 4.78 is 40.0. The molecule has 4 rings (SSSR count). The summed E-state index contributed by atoms with van der Waals surface area (Å²) in [5.74, 6) is 0.349. The third-order valence-corrected chi connectivity index (χ3v) is 8.73. The first-order valence-electron chi connectivity index (χ1n) is 12.4. The van der Waals surface area contributed by atoms with Gasteiger partial charge in [0.1, 0.15) is 13.2 Å². The van der Waals surface area contributed by atoms with Crippen LogP contribution in [0.4, 0.5) is 5.69 Å². The van der Waals surface area contributed by atoms with Crippen LogP contribution in [0.5, 0.6) is 11.5 Å². The Hall–Kier alpha value is -3.86. The van der Waals surface area contributed by atoms with E-state index < -0.39 is 22.5 Å². The van der Waals surface area contributed by atoms with E-state index in [1.807, 2.05) is 30.3 Å². The number of amides is 1. The van der Waals surface area contributed by atoms with Gasteiger partial charge in [0.2, 0.25) is 0 Å². The molecular weight excluding hydrogens is 630 g/mol. The van der Waals surface area contributed by atoms with Crippen LogP contribution in [0.25, 0.3) is 0 Å². The number of hydrogen-bond donors (Lipinski definition) is 1. The predicted octanol–water partition coefficient (Wildman–Crippen LogP) is 6.34. The Morgan fingerprint density at radius 1 is 1.02 bits per heavy atom. The van der Waals surface area contributed by atoms with Crippen LogP contribution in [-0.4, -0.2) is 34.2 Å². The van der Waals surface area contributed by atoms with E-state index in [0.717, 1.165) is 15.4 Å². The van der Waals surface area contributed by atoms with E-state index in [-0.39, 0.29) is 10.6 Å². The van der Waals surface area contributed by atoms with Crippen molar-refractivity contribution in [2.45, 2.75) is 18.4 Å². The van der Waals surface area contributed by atoms with Crippen LogP contribution in [0.3, 0.4) is 0 Å². The molecule has 0 saturated heterocycles. The van der Waals surface area contributed by atoms with Gasteiger partial charge in [-0.3, -0.25) is 9.10 Å². The van der Waals surface area contributed by atoms with Crippen molar-refractivity contribution >= 4 is 55.4 Å². The van der Waals surface area contributed by atoms with Gasteiger partial charge in [-0.15, -0.1) is 0 Å². The first-order valence-corrected chi connectivity index (χ1v) is 15.0. The van der Waals surface area contributed by atoms with Crippen LogP contribution in [0.1, 0.15) is 16.7 Å². The summed E-state index contributed by atoms with van der Waals surface area (Å²) in [6, 6.07) is 25.9. The summed E-state index contributed by atoms with van der Waals surface area (Å²) >= 11 is 9.78. The molecule has 0 fully saturated rings. The van der Waals surface area contributed by atoms with Crippen molar-refractivity contribution in [1.82, 2.24) is 5.43 Å². The number of nitrogens with zero attached hydrogens (tertiary/aromatic N) is 2. The number of halogens is 2. The number of aryl methyl sites for hydroxylation is 1. The lowest BCUT2D eigenvalue weighted by atomic mass is 10.2. The molecule has 212 valence electrons. The molecule has 4 aromatic rings. The van der Waals surface area contributed by atoms with Gasteiger partial charge in [0.05, 0.1) is 28.4 Å². The van der Waals surface area contributed by atoms with E-state index in [1.165, 1.54) is 31.5 Å². The molecule has 41 heavy (non-hydrogen) atoms. The number of hydrazone groups is 1. The maximum Gasteiger partial charge on any atom is 0.264 e. The maximum absolute atomic E-state index is 13.5. The lowest BCUT2D eigenvalue weighted by Crippen LogP contribution is -2.39. The zero-order chi connectivity index (χ0) is 29.4. The Bertz CT molecular complexity index is 1650. The lowest BCUT2D eigenvalue weighted by Gasteiger charge is -2.24. The number of methoxy groups -OCH3 is 1. The molecule has 0 aliphatic carbocycles. The molecule has 0 heterocycles. The van der Waals surface area contributed by atoms with E-state index in [0.29, 0.717) is 33.2 Å². The minimum Gasteiger partial charge on any atom is -0.493 e. The number of anilines is 1. The molecule has 0 radical (unpaired) electrons. The van der Waals surface area contributed by atoms with Crippen molar-refractivity contribution in [1.29, 1.82) is 0 Å². The summed E-state index contributed by atoms with van der Waals surface area (Å²) in [6.07, 6.45) is 1.42. The number of hydrogen-bond acceptors (Lipinski definition) is 6. The van der Waals surface area contributed by atoms with Crippen LogP contribution >= 0.6 is 27.5 Å². The molecule has 0 aliphatic rings. The van der Waals surface area contributed by atoms with Crippen LogP contribution < -0.4 is 19.2 Å². The molecule has 0 bridgehead atoms. The Morgan fingerprint density at radius 2 is 1.71 bits per heavy atom. The standard InChI is InChI=1S/C30H27BrClN3O5S/c1-21-13-14-24(17-27(21)32)35(41(37,38)25-11-7-4-8-12-25)19-29(36)34-33-18-23-15-26(31)30(28(16-23)39-2)40-20-22-9-5-3-6-10-22/h3-18H,19-20H2,1-2H3,(H,34,36)/b33-18-. The Labute approximate surface area is 252 Å². The second-order valence-corrected chi connectivity index (χ2v) is 12.0. The van der Waals surface area contributed by atoms with Gasteiger partial charge in [-0.05, 0) is 75.9 Å². The predicted molar refractivity (Wildman–Crippen MR) is 164 cm³/mol. The molecule has 0 aliphatic heterocycles. The van der Waals surface area contributed by atoms with Crippen LogP contribution in [0.2, 0.25) is 5.02 Å². The number of carbonyl (C=O) groups excluding carboxylic acids is 1. The quantitative estimate of drug-likeness (QED) is 0.150. The fourth-order valence-corrected chi connectivity index (χ4v) is 5.98. The molecule has 1 amide bonds. The summed E-state index contributed by atoms with van der Waals surface area (Å²) in [5.41, 5.74) is 5.05. The summed E-state index contributed by atoms with van der Waals surface area (Å²) in [5, 5.41) is 4.40. The van der Waals surface area contributed by atoms with Gasteiger partial charge in [-0.1, -0.05) is 66.2 Å². The Kier molecular flexibility index (Phi) is 10.0. The van der Waals surface area contributed by atoms with Gasteiger partial charge in [-0.2, -0.15) is 5.10 Å². The topological polar surface area (TPSA) is 97.3 Å². The highest BCUT2D eigenvalue weighted by Crippen LogP contribution is 2.37. The van der Waals surface area contributed by atoms with E-state index in [4.69, 9.17) is 21.1 Å². The van der Waals surface area contributed by atoms with Gasteiger partial charge in [-0.25, -0.2) is 13.8 Å². The Balaban J connectivity index is 1.50. The van der Waals surface area contributed by atoms with Crippen LogP contribution in [0.15, 0.2) is 105 Å². The van der Waals surface area contributed by atoms with E-state index in [9.17, 15) is 13.2 Å². The number of rotatable bonds is 11. The number of sulfonamides is 1. The van der Waals surface area contributed by atoms with Gasteiger partial charge in [0, 0.05) is 5.02 Å². The van der Waals surface area contributed by atoms with Crippen LogP contribution in [-0.2, 0) is 21.4 Å². The van der Waals surface area contributed by atoms with Crippen molar-refractivity contribution in [3.8, 4) is 11.5 Å². The molecule has 11 heteroatoms. The molecule has 8 nitrogen and oxygen atoms in total. The molecule has 4 aromatic carbocycles. The normalized spacial score (nSPS) is 11.3. The largest absolute Gasteiger partial charge is 0.493 e. The smallest absolute Gasteiger partial charge is 0.264 e. The summed E-state index contributed by atoms with van der Waals surface area (Å²) in [7, 11) is -2.55. The first kappa shape index (κ1) is 30.1. The Morgan fingerprint density at radius 3 is 2.37 bits per heavy atom. The average molecular weight is 657 g/mol. The molecule has 0 spiro atoms. The maximum atomic E-state index is 13.5. The lowest BCUT2D eigenvalue weighted by molar-refractivity contribution is -0.119. The molecule has 0 atom stereocenters. The summed E-state index contributed by atoms with van der Waals surface area (Å²) in [4.78, 5) is 12.9. The third kappa shape index (κ3) is 7.66. The SMILES string of the molecule is COc1cc(/C=N\NC(=O)CN(c2ccc(C)c(Cl)c2)S(=O)(=O)c2ccccc2)cc(Br)c1OCc1ccccc1. The zero-order valence-electron chi connectivity index (χ0n) is 22.3. The van der Waals surface area contributed by atoms with E-state index >= 15 is 0 Å². The fourth-order valence-electron chi connectivity index (χ4n) is 3.80. The van der Waals surface area contributed by atoms with Gasteiger partial charge in [0.15, 0.2) is 11.5 Å². The van der Waals surface area contributed by atoms with Gasteiger partial charge < -0.3 is 9.47 Å². The molecule has 1 N–H and O–H groups in total. The summed E-state index contributed by atoms with van der Waals surface area (Å²) in [6.45, 7) is 1.64. The average Bonchev–Trinajstić information content (AvgIpc) is 2.97. The fraction of sp³-hybridized carbons (Fsp3) is 0.133. The molecule has 0 saturated carbocycles. The molecule has 0 aromatic heterocycles. The van der Waals surface area contributed by atoms with E-state index in [2.05, 4.69) is 26.5 Å². The minimum atomic E-state index is -4.08. The van der Waals surface area contributed by atoms with Crippen LogP contribution in [0, 0.1) is 6.92 Å². The van der Waals surface area contributed by atoms with Gasteiger partial charge in [0.25, 0.3) is 15.9 Å². The highest BCUT2D eigenvalue weighted by Gasteiger charge is 2.27. The molecule has 0 unspecified atom stereocenters. The van der Waals surface area contributed by atoms with Crippen molar-refractivity contribution in [2.24, 2.45) is 5.10 Å². The van der Waals surface area contributed by atoms with Gasteiger partial charge >= 0.3 is 0 Å². The molecular formula is C30H27BrClN3O5S. The third-order valence-electron chi connectivity index (χ3n) is 5.94. The van der Waals surface area contributed by atoms with Crippen molar-refractivity contribution < 1.29 is 22.7 Å². The second-order valence-electron chi connectivity index (χ2n) is 8.86. The van der Waals surface area contributed by atoms with Crippen molar-refractivity contribution in [3.05, 3.63) is 117 Å². The highest BCUT2D eigenvalue weighted by atomic mass is 79.9. The monoisotopic (exact) mass is 655 g/mol. The minimum absolute atomic E-state index is 0.0412. The number of nitrogens with one attached hydrogen (secondary N) is 1. The first-order chi connectivity index (χ1) is 19.7. The highest BCUT2D eigenvalue weighted by molar-refractivity contribution is 9.10. The zero-order valence-corrected chi connectivity index (χ0v) is 25.4. The van der Waals surface area contributed by atoms with Crippen molar-refractivity contribution in [3.63, 3.8) is 0 Å². The second kappa shape index (κ2) is 13.7. The van der Waals surface area contributed by atoms with Crippen molar-refractivity contribution in [2.75, 3.05) is 18.0 Å². The number of carbonyl (C=O) groups is 1. The number of ether oxygens (including phenoxy) is 2. The number of benzene rings is 4. The van der Waals surface area contributed by atoms with E-state index in [1.54, 1.807) is 49.4 Å².